The number of halogens is 1. The zero-order valence-electron chi connectivity index (χ0n) is 14.7. The fourth-order valence-electron chi connectivity index (χ4n) is 2.74. The van der Waals surface area contributed by atoms with E-state index in [2.05, 4.69) is 15.3 Å². The van der Waals surface area contributed by atoms with Crippen LogP contribution in [0.15, 0.2) is 57.8 Å². The van der Waals surface area contributed by atoms with E-state index >= 15 is 0 Å². The zero-order chi connectivity index (χ0) is 19.7. The van der Waals surface area contributed by atoms with Crippen LogP contribution >= 0.6 is 22.9 Å². The molecule has 0 atom stereocenters. The third-order valence-corrected chi connectivity index (χ3v) is 5.17. The third kappa shape index (κ3) is 3.76. The number of nitrogens with one attached hydrogen (secondary N) is 2. The average Bonchev–Trinajstić information content (AvgIpc) is 3.02. The lowest BCUT2D eigenvalue weighted by Gasteiger charge is -2.07. The lowest BCUT2D eigenvalue weighted by Crippen LogP contribution is -2.30. The van der Waals surface area contributed by atoms with Gasteiger partial charge in [-0.15, -0.1) is 0 Å². The molecular formula is C20H14ClN3O3S. The maximum Gasteiger partial charge on any atom is 0.306 e. The lowest BCUT2D eigenvalue weighted by molar-refractivity contribution is -0.114. The summed E-state index contributed by atoms with van der Waals surface area (Å²) in [6, 6.07) is 12.4. The van der Waals surface area contributed by atoms with Crippen LogP contribution in [0, 0.1) is 0 Å². The molecule has 1 aliphatic rings. The number of thiazole rings is 1. The summed E-state index contributed by atoms with van der Waals surface area (Å²) >= 11 is 6.91. The Bertz CT molecular complexity index is 1270. The minimum Gasteiger partial charge on any atom is -0.497 e. The van der Waals surface area contributed by atoms with Crippen molar-refractivity contribution in [3.05, 3.63) is 78.2 Å². The number of methoxy groups -OCH3 is 1. The molecule has 1 aromatic heterocycles. The first-order valence-corrected chi connectivity index (χ1v) is 9.47. The third-order valence-electron chi connectivity index (χ3n) is 4.09. The van der Waals surface area contributed by atoms with Crippen molar-refractivity contribution >= 4 is 52.5 Å². The number of hydrogen-bond donors (Lipinski definition) is 2. The highest BCUT2D eigenvalue weighted by molar-refractivity contribution is 7.10. The molecule has 0 unspecified atom stereocenters. The molecule has 0 aliphatic carbocycles. The van der Waals surface area contributed by atoms with E-state index < -0.39 is 0 Å². The molecule has 140 valence electrons. The SMILES string of the molecule is COc1ccc2c(c1)=C/C(=C/c1sc(=O)[nH]c1Nc1ccc(Cl)cc1)C(=O)N=2. The van der Waals surface area contributed by atoms with E-state index in [9.17, 15) is 9.59 Å². The summed E-state index contributed by atoms with van der Waals surface area (Å²) in [5.74, 6) is 0.814. The van der Waals surface area contributed by atoms with Gasteiger partial charge in [0.2, 0.25) is 0 Å². The van der Waals surface area contributed by atoms with Crippen molar-refractivity contribution in [2.75, 3.05) is 12.4 Å². The Morgan fingerprint density at radius 2 is 1.96 bits per heavy atom. The highest BCUT2D eigenvalue weighted by Gasteiger charge is 2.14. The van der Waals surface area contributed by atoms with Crippen molar-refractivity contribution in [3.8, 4) is 5.75 Å². The number of benzene rings is 2. The number of H-pyrrole nitrogens is 1. The van der Waals surface area contributed by atoms with Crippen molar-refractivity contribution in [3.63, 3.8) is 0 Å². The van der Waals surface area contributed by atoms with E-state index in [1.807, 2.05) is 6.07 Å². The molecule has 0 saturated heterocycles. The Labute approximate surface area is 168 Å². The largest absolute Gasteiger partial charge is 0.497 e. The monoisotopic (exact) mass is 411 g/mol. The predicted octanol–water partition coefficient (Wildman–Crippen LogP) is 2.87. The van der Waals surface area contributed by atoms with Gasteiger partial charge in [0.15, 0.2) is 0 Å². The second-order valence-corrected chi connectivity index (χ2v) is 7.42. The Morgan fingerprint density at radius 3 is 2.71 bits per heavy atom. The second kappa shape index (κ2) is 7.46. The summed E-state index contributed by atoms with van der Waals surface area (Å²) in [7, 11) is 1.58. The van der Waals surface area contributed by atoms with Gasteiger partial charge in [0.05, 0.1) is 17.3 Å². The highest BCUT2D eigenvalue weighted by atomic mass is 35.5. The number of aromatic amines is 1. The molecule has 4 rings (SSSR count). The summed E-state index contributed by atoms with van der Waals surface area (Å²) in [5, 5.41) is 5.12. The van der Waals surface area contributed by atoms with Crippen molar-refractivity contribution < 1.29 is 9.53 Å². The second-order valence-electron chi connectivity index (χ2n) is 5.97. The zero-order valence-corrected chi connectivity index (χ0v) is 16.2. The number of hydrogen-bond acceptors (Lipinski definition) is 5. The number of anilines is 2. The van der Waals surface area contributed by atoms with Gasteiger partial charge < -0.3 is 10.1 Å². The van der Waals surface area contributed by atoms with Gasteiger partial charge in [-0.05, 0) is 54.6 Å². The Balaban J connectivity index is 1.74. The molecule has 28 heavy (non-hydrogen) atoms. The van der Waals surface area contributed by atoms with Crippen molar-refractivity contribution in [1.29, 1.82) is 0 Å². The van der Waals surface area contributed by atoms with Gasteiger partial charge in [-0.3, -0.25) is 14.6 Å². The first-order chi connectivity index (χ1) is 13.5. The normalized spacial score (nSPS) is 14.2. The molecule has 6 nitrogen and oxygen atoms in total. The predicted molar refractivity (Wildman–Crippen MR) is 111 cm³/mol. The van der Waals surface area contributed by atoms with Crippen molar-refractivity contribution in [2.45, 2.75) is 0 Å². The fraction of sp³-hybridized carbons (Fsp3) is 0.0500. The molecule has 0 bridgehead atoms. The molecule has 2 heterocycles. The standard InChI is InChI=1S/C20H14ClN3O3S/c1-27-15-6-7-16-11(9-15)8-12(19(25)23-16)10-17-18(24-20(26)28-17)22-14-4-2-13(21)3-5-14/h2-10,22H,1H3,(H,24,26)/b12-10-. The minimum atomic E-state index is -0.365. The number of carbonyl (C=O) groups is 1. The van der Waals surface area contributed by atoms with Crippen LogP contribution in [0.2, 0.25) is 5.02 Å². The van der Waals surface area contributed by atoms with E-state index in [1.54, 1.807) is 55.7 Å². The Hall–Kier alpha value is -3.16. The topological polar surface area (TPSA) is 83.5 Å². The highest BCUT2D eigenvalue weighted by Crippen LogP contribution is 2.25. The molecule has 1 aliphatic heterocycles. The smallest absolute Gasteiger partial charge is 0.306 e. The molecule has 0 fully saturated rings. The van der Waals surface area contributed by atoms with Crippen LogP contribution in [0.5, 0.6) is 5.75 Å². The number of carbonyl (C=O) groups excluding carboxylic acids is 1. The molecule has 2 N–H and O–H groups in total. The number of amides is 1. The van der Waals surface area contributed by atoms with Crippen molar-refractivity contribution in [1.82, 2.24) is 4.98 Å². The summed E-state index contributed by atoms with van der Waals surface area (Å²) in [5.41, 5.74) is 1.15. The average molecular weight is 412 g/mol. The number of nitrogens with zero attached hydrogens (tertiary/aromatic N) is 1. The Morgan fingerprint density at radius 1 is 1.18 bits per heavy atom. The summed E-state index contributed by atoms with van der Waals surface area (Å²) in [6.45, 7) is 0. The first-order valence-electron chi connectivity index (χ1n) is 8.28. The van der Waals surface area contributed by atoms with Gasteiger partial charge in [-0.1, -0.05) is 22.9 Å². The van der Waals surface area contributed by atoms with Crippen LogP contribution in [0.3, 0.4) is 0 Å². The first kappa shape index (κ1) is 18.2. The van der Waals surface area contributed by atoms with Gasteiger partial charge in [0, 0.05) is 21.5 Å². The summed E-state index contributed by atoms with van der Waals surface area (Å²) < 4.78 is 5.23. The minimum absolute atomic E-state index is 0.231. The van der Waals surface area contributed by atoms with Crippen LogP contribution in [0.4, 0.5) is 11.5 Å². The Kier molecular flexibility index (Phi) is 4.85. The maximum absolute atomic E-state index is 12.4. The number of ether oxygens (including phenoxy) is 1. The summed E-state index contributed by atoms with van der Waals surface area (Å²) in [4.78, 5) is 31.5. The van der Waals surface area contributed by atoms with E-state index in [4.69, 9.17) is 16.3 Å². The van der Waals surface area contributed by atoms with Crippen LogP contribution < -0.4 is 25.5 Å². The van der Waals surface area contributed by atoms with Gasteiger partial charge in [-0.25, -0.2) is 4.99 Å². The van der Waals surface area contributed by atoms with E-state index in [0.717, 1.165) is 22.2 Å². The van der Waals surface area contributed by atoms with Crippen LogP contribution in [0.1, 0.15) is 4.88 Å². The number of rotatable bonds is 4. The molecular weight excluding hydrogens is 398 g/mol. The van der Waals surface area contributed by atoms with E-state index in [0.29, 0.717) is 32.4 Å². The molecule has 1 amide bonds. The van der Waals surface area contributed by atoms with Gasteiger partial charge in [0.1, 0.15) is 11.6 Å². The van der Waals surface area contributed by atoms with Crippen LogP contribution in [-0.2, 0) is 4.79 Å². The molecule has 0 radical (unpaired) electrons. The maximum atomic E-state index is 12.4. The molecule has 8 heteroatoms. The van der Waals surface area contributed by atoms with E-state index in [1.165, 1.54) is 0 Å². The number of aromatic nitrogens is 1. The number of fused-ring (bicyclic) bond motifs is 1. The van der Waals surface area contributed by atoms with E-state index in [-0.39, 0.29) is 10.8 Å². The molecule has 0 saturated carbocycles. The lowest BCUT2D eigenvalue weighted by atomic mass is 10.1. The van der Waals surface area contributed by atoms with Crippen LogP contribution in [-0.4, -0.2) is 18.0 Å². The molecule has 0 spiro atoms. The van der Waals surface area contributed by atoms with Gasteiger partial charge >= 0.3 is 4.87 Å². The summed E-state index contributed by atoms with van der Waals surface area (Å²) in [6.07, 6.45) is 3.39. The van der Waals surface area contributed by atoms with Gasteiger partial charge in [0.25, 0.3) is 5.91 Å². The quantitative estimate of drug-likeness (QED) is 0.646. The van der Waals surface area contributed by atoms with Gasteiger partial charge in [-0.2, -0.15) is 0 Å². The molecule has 2 aromatic carbocycles. The van der Waals surface area contributed by atoms with Crippen LogP contribution in [0.25, 0.3) is 12.2 Å². The van der Waals surface area contributed by atoms with Crippen molar-refractivity contribution in [2.24, 2.45) is 4.99 Å². The fourth-order valence-corrected chi connectivity index (χ4v) is 3.61. The molecule has 3 aromatic rings.